The first-order valence-corrected chi connectivity index (χ1v) is 26.0. The molecule has 7 N–H and O–H groups in total. The number of thioether (sulfide) groups is 1. The van der Waals surface area contributed by atoms with Crippen molar-refractivity contribution in [2.24, 2.45) is 28.6 Å². The van der Waals surface area contributed by atoms with E-state index in [2.05, 4.69) is 35.1 Å². The number of unbranched alkanes of at least 4 members (excludes halogenated alkanes) is 1. The summed E-state index contributed by atoms with van der Waals surface area (Å²) in [5, 5.41) is 41.7. The Hall–Kier alpha value is -5.20. The van der Waals surface area contributed by atoms with E-state index in [9.17, 15) is 48.9 Å². The summed E-state index contributed by atoms with van der Waals surface area (Å²) in [6.45, 7) is 10.4. The van der Waals surface area contributed by atoms with Crippen LogP contribution in [0.1, 0.15) is 122 Å². The summed E-state index contributed by atoms with van der Waals surface area (Å²) in [5.74, 6) is -3.69. The smallest absolute Gasteiger partial charge is 0.305 e. The summed E-state index contributed by atoms with van der Waals surface area (Å²) in [4.78, 5) is 89.2. The first-order valence-electron chi connectivity index (χ1n) is 25.1. The lowest BCUT2D eigenvalue weighted by molar-refractivity contribution is -0.201. The van der Waals surface area contributed by atoms with Gasteiger partial charge in [0.1, 0.15) is 18.7 Å². The van der Waals surface area contributed by atoms with Gasteiger partial charge in [-0.15, -0.1) is 11.8 Å². The number of aliphatic carboxylic acids is 1. The number of nitrogens with one attached hydrogen (secondary N) is 4. The fourth-order valence-electron chi connectivity index (χ4n) is 12.3. The van der Waals surface area contributed by atoms with Gasteiger partial charge in [-0.05, 0) is 99.6 Å². The van der Waals surface area contributed by atoms with E-state index in [-0.39, 0.29) is 54.6 Å². The van der Waals surface area contributed by atoms with Gasteiger partial charge in [-0.1, -0.05) is 88.6 Å². The van der Waals surface area contributed by atoms with Gasteiger partial charge in [-0.25, -0.2) is 0 Å². The van der Waals surface area contributed by atoms with Gasteiger partial charge in [0.15, 0.2) is 23.5 Å². The highest BCUT2D eigenvalue weighted by atomic mass is 32.2. The van der Waals surface area contributed by atoms with E-state index in [0.717, 1.165) is 48.8 Å². The molecule has 0 bridgehead atoms. The van der Waals surface area contributed by atoms with Crippen LogP contribution in [0, 0.1) is 28.6 Å². The number of allylic oxidation sites excluding steroid dienone is 4. The standard InChI is InChI=1S/C54H70N4O12S/c1-7-8-10-30(2)71-42(27-46(64)65)50(68)55-22-20-45(63)56-31(3)48(66)57-32(4)49(67)58-37-12-9-11-34(24-37)23-33-13-15-35(16-14-33)51-69-44-26-40-39-18-17-36-25-38(60)19-21-52(36,5)47(39)41(61)28-53(40,6)54(44,70-51)43(62)29-59/h9,11-16,19,21,24-25,30-32,39-42,44,47,51,59,61H,7-8,10,17-18,20,22-23,26-29H2,1-6H3,(H,55,68)(H,56,63)(H,57,66)(H,58,67)(H,64,65)/t30?,31-,32-,39-,40?,41-,42?,44+,47?,51+,52-,53-,54+/m0/s1. The predicted octanol–water partition coefficient (Wildman–Crippen LogP) is 5.49. The van der Waals surface area contributed by atoms with Crippen LogP contribution in [0.25, 0.3) is 0 Å². The number of ether oxygens (including phenoxy) is 2. The van der Waals surface area contributed by atoms with Crippen molar-refractivity contribution in [1.29, 1.82) is 0 Å². The number of carboxylic acid groups (broad SMARTS) is 1. The fraction of sp³-hybridized carbons (Fsp3) is 0.574. The Morgan fingerprint density at radius 1 is 0.944 bits per heavy atom. The molecule has 2 aromatic carbocycles. The molecule has 13 atom stereocenters. The Morgan fingerprint density at radius 3 is 2.38 bits per heavy atom. The van der Waals surface area contributed by atoms with E-state index in [1.807, 2.05) is 62.4 Å². The minimum atomic E-state index is -1.46. The number of ketones is 2. The summed E-state index contributed by atoms with van der Waals surface area (Å²) >= 11 is 1.31. The van der Waals surface area contributed by atoms with Crippen LogP contribution >= 0.6 is 11.8 Å². The lowest BCUT2D eigenvalue weighted by Gasteiger charge is -2.59. The van der Waals surface area contributed by atoms with Gasteiger partial charge >= 0.3 is 5.97 Å². The number of Topliss-reactive ketones (excluding diaryl/α,β-unsaturated/α-hetero) is 1. The van der Waals surface area contributed by atoms with Crippen molar-refractivity contribution in [1.82, 2.24) is 16.0 Å². The minimum Gasteiger partial charge on any atom is -0.481 e. The van der Waals surface area contributed by atoms with Crippen molar-refractivity contribution in [2.75, 3.05) is 18.5 Å². The third kappa shape index (κ3) is 11.2. The molecular formula is C54H70N4O12S. The van der Waals surface area contributed by atoms with Gasteiger partial charge in [-0.2, -0.15) is 0 Å². The molecule has 1 saturated heterocycles. The first-order chi connectivity index (χ1) is 33.7. The largest absolute Gasteiger partial charge is 0.481 e. The SMILES string of the molecule is CCCCC(C)SC(CC(=O)O)C(=O)NCCC(=O)N[C@@H](C)C(=O)N[C@@H](C)C(=O)Nc1cccc(Cc2ccc([C@@H]3O[C@@H]4CC5[C@@H]6CCC7=CC(=O)C=C[C@]7(C)C6[C@@H](O)C[C@]5(C)[C@]4(C(=O)CO)O3)cc2)c1. The molecule has 5 aliphatic rings. The van der Waals surface area contributed by atoms with Crippen LogP contribution in [0.3, 0.4) is 0 Å². The molecular weight excluding hydrogens is 929 g/mol. The first kappa shape index (κ1) is 53.6. The molecule has 4 unspecified atom stereocenters. The molecule has 7 rings (SSSR count). The molecule has 17 heteroatoms. The molecule has 2 aromatic rings. The van der Waals surface area contributed by atoms with Crippen molar-refractivity contribution in [3.05, 3.63) is 89.0 Å². The molecule has 4 amide bonds. The number of carbonyl (C=O) groups excluding carboxylic acids is 6. The zero-order valence-corrected chi connectivity index (χ0v) is 42.4. The topological polar surface area (TPSA) is 247 Å². The molecule has 16 nitrogen and oxygen atoms in total. The molecule has 0 spiro atoms. The monoisotopic (exact) mass is 998 g/mol. The Balaban J connectivity index is 0.894. The fourth-order valence-corrected chi connectivity index (χ4v) is 13.6. The number of rotatable bonds is 21. The number of anilines is 1. The lowest BCUT2D eigenvalue weighted by atomic mass is 9.46. The Bertz CT molecular complexity index is 2430. The quantitative estimate of drug-likeness (QED) is 0.0819. The molecule has 1 heterocycles. The van der Waals surface area contributed by atoms with Crippen molar-refractivity contribution >= 4 is 58.6 Å². The van der Waals surface area contributed by atoms with E-state index in [1.165, 1.54) is 25.6 Å². The van der Waals surface area contributed by atoms with Crippen LogP contribution in [0.5, 0.6) is 0 Å². The molecule has 3 saturated carbocycles. The van der Waals surface area contributed by atoms with Gasteiger partial charge in [-0.3, -0.25) is 33.6 Å². The molecule has 0 aromatic heterocycles. The van der Waals surface area contributed by atoms with E-state index in [4.69, 9.17) is 9.47 Å². The molecule has 71 heavy (non-hydrogen) atoms. The molecule has 4 fully saturated rings. The average Bonchev–Trinajstić information content (AvgIpc) is 3.83. The van der Waals surface area contributed by atoms with Crippen molar-refractivity contribution < 1.29 is 58.4 Å². The van der Waals surface area contributed by atoms with Crippen LogP contribution < -0.4 is 21.3 Å². The highest BCUT2D eigenvalue weighted by Gasteiger charge is 2.76. The van der Waals surface area contributed by atoms with Crippen LogP contribution in [0.15, 0.2) is 72.3 Å². The van der Waals surface area contributed by atoms with Gasteiger partial charge < -0.3 is 46.1 Å². The number of hydrogen-bond acceptors (Lipinski definition) is 12. The number of aliphatic hydroxyl groups excluding tert-OH is 2. The van der Waals surface area contributed by atoms with E-state index < -0.39 is 94.3 Å². The highest BCUT2D eigenvalue weighted by Crippen LogP contribution is 2.70. The third-order valence-electron chi connectivity index (χ3n) is 15.8. The Labute approximate surface area is 419 Å². The number of benzene rings is 2. The lowest BCUT2D eigenvalue weighted by Crippen LogP contribution is -2.63. The number of aliphatic hydroxyl groups is 2. The molecule has 384 valence electrons. The maximum absolute atomic E-state index is 14.0. The molecule has 4 aliphatic carbocycles. The molecule has 0 radical (unpaired) electrons. The highest BCUT2D eigenvalue weighted by molar-refractivity contribution is 8.01. The number of carboxylic acids is 1. The van der Waals surface area contributed by atoms with Crippen molar-refractivity contribution in [3.63, 3.8) is 0 Å². The number of amides is 4. The summed E-state index contributed by atoms with van der Waals surface area (Å²) in [6.07, 6.45) is 8.19. The zero-order valence-electron chi connectivity index (χ0n) is 41.5. The van der Waals surface area contributed by atoms with E-state index >= 15 is 0 Å². The van der Waals surface area contributed by atoms with E-state index in [1.54, 1.807) is 18.2 Å². The second-order valence-corrected chi connectivity index (χ2v) is 22.3. The minimum absolute atomic E-state index is 0.0162. The second kappa shape index (κ2) is 22.3. The maximum Gasteiger partial charge on any atom is 0.305 e. The van der Waals surface area contributed by atoms with Crippen molar-refractivity contribution in [3.8, 4) is 0 Å². The summed E-state index contributed by atoms with van der Waals surface area (Å²) in [5.41, 5.74) is 1.38. The van der Waals surface area contributed by atoms with Crippen LogP contribution in [0.2, 0.25) is 0 Å². The van der Waals surface area contributed by atoms with Crippen molar-refractivity contribution in [2.45, 2.75) is 152 Å². The van der Waals surface area contributed by atoms with E-state index in [0.29, 0.717) is 24.1 Å². The number of hydrogen-bond donors (Lipinski definition) is 7. The average molecular weight is 999 g/mol. The maximum atomic E-state index is 14.0. The van der Waals surface area contributed by atoms with Crippen LogP contribution in [-0.2, 0) is 49.5 Å². The van der Waals surface area contributed by atoms with Gasteiger partial charge in [0, 0.05) is 46.2 Å². The van der Waals surface area contributed by atoms with Gasteiger partial charge in [0.25, 0.3) is 0 Å². The van der Waals surface area contributed by atoms with Crippen LogP contribution in [0.4, 0.5) is 5.69 Å². The van der Waals surface area contributed by atoms with Gasteiger partial charge in [0.2, 0.25) is 23.6 Å². The number of fused-ring (bicyclic) bond motifs is 7. The zero-order chi connectivity index (χ0) is 51.4. The third-order valence-corrected chi connectivity index (χ3v) is 17.2. The molecule has 1 aliphatic heterocycles. The Kier molecular flexibility index (Phi) is 16.8. The number of carbonyl (C=O) groups is 7. The second-order valence-electron chi connectivity index (χ2n) is 20.7. The summed E-state index contributed by atoms with van der Waals surface area (Å²) in [6, 6.07) is 13.0. The van der Waals surface area contributed by atoms with Crippen LogP contribution in [-0.4, -0.2) is 110 Å². The Morgan fingerprint density at radius 2 is 1.68 bits per heavy atom. The predicted molar refractivity (Wildman–Crippen MR) is 267 cm³/mol. The van der Waals surface area contributed by atoms with Gasteiger partial charge in [0.05, 0.1) is 23.9 Å². The summed E-state index contributed by atoms with van der Waals surface area (Å²) in [7, 11) is 0. The summed E-state index contributed by atoms with van der Waals surface area (Å²) < 4.78 is 13.4. The normalized spacial score (nSPS) is 30.0.